The van der Waals surface area contributed by atoms with Crippen molar-refractivity contribution >= 4 is 11.9 Å². The van der Waals surface area contributed by atoms with Crippen molar-refractivity contribution < 1.29 is 32.6 Å². The minimum Gasteiger partial charge on any atom is -0.475 e. The van der Waals surface area contributed by atoms with E-state index in [2.05, 4.69) is 16.7 Å². The van der Waals surface area contributed by atoms with Crippen molar-refractivity contribution in [1.82, 2.24) is 9.80 Å². The van der Waals surface area contributed by atoms with Gasteiger partial charge in [0.15, 0.2) is 0 Å². The number of piperidine rings is 1. The third-order valence-electron chi connectivity index (χ3n) is 6.20. The van der Waals surface area contributed by atoms with Crippen LogP contribution in [0.15, 0.2) is 24.3 Å². The molecule has 3 aliphatic heterocycles. The number of carboxylic acid groups (broad SMARTS) is 1. The molecule has 0 spiro atoms. The summed E-state index contributed by atoms with van der Waals surface area (Å²) < 4.78 is 37.5. The van der Waals surface area contributed by atoms with Gasteiger partial charge < -0.3 is 19.6 Å². The fourth-order valence-electron chi connectivity index (χ4n) is 4.53. The van der Waals surface area contributed by atoms with Crippen LogP contribution in [0.25, 0.3) is 0 Å². The van der Waals surface area contributed by atoms with E-state index in [0.29, 0.717) is 17.9 Å². The Morgan fingerprint density at radius 1 is 1.10 bits per heavy atom. The normalized spacial score (nSPS) is 26.2. The molecular formula is C22H29F3N2O4. The van der Waals surface area contributed by atoms with E-state index in [4.69, 9.17) is 14.6 Å². The van der Waals surface area contributed by atoms with E-state index in [-0.39, 0.29) is 5.91 Å². The molecule has 172 valence electrons. The summed E-state index contributed by atoms with van der Waals surface area (Å²) in [6.45, 7) is 8.21. The van der Waals surface area contributed by atoms with E-state index < -0.39 is 12.1 Å². The largest absolute Gasteiger partial charge is 0.490 e. The number of carbonyl (C=O) groups is 2. The Labute approximate surface area is 180 Å². The lowest BCUT2D eigenvalue weighted by Crippen LogP contribution is -2.43. The number of rotatable bonds is 3. The minimum atomic E-state index is -5.08. The van der Waals surface area contributed by atoms with Gasteiger partial charge in [0.25, 0.3) is 5.91 Å². The van der Waals surface area contributed by atoms with Crippen LogP contribution in [0.3, 0.4) is 0 Å². The summed E-state index contributed by atoms with van der Waals surface area (Å²) in [6.07, 6.45) is -1.01. The predicted molar refractivity (Wildman–Crippen MR) is 108 cm³/mol. The molecule has 3 aliphatic rings. The van der Waals surface area contributed by atoms with Crippen LogP contribution in [0, 0.1) is 18.8 Å². The number of hydrogen-bond acceptors (Lipinski definition) is 4. The molecule has 3 heterocycles. The Kier molecular flexibility index (Phi) is 7.59. The van der Waals surface area contributed by atoms with Gasteiger partial charge in [0.2, 0.25) is 0 Å². The number of benzene rings is 1. The molecule has 3 fully saturated rings. The van der Waals surface area contributed by atoms with Crippen LogP contribution in [0.1, 0.15) is 35.2 Å². The van der Waals surface area contributed by atoms with Gasteiger partial charge in [-0.25, -0.2) is 4.79 Å². The zero-order valence-electron chi connectivity index (χ0n) is 17.6. The monoisotopic (exact) mass is 442 g/mol. The topological polar surface area (TPSA) is 70.1 Å². The van der Waals surface area contributed by atoms with Crippen molar-refractivity contribution in [3.63, 3.8) is 0 Å². The summed E-state index contributed by atoms with van der Waals surface area (Å²) in [4.78, 5) is 26.3. The number of likely N-dealkylation sites (tertiary alicyclic amines) is 2. The van der Waals surface area contributed by atoms with Gasteiger partial charge in [-0.1, -0.05) is 17.7 Å². The Hall–Kier alpha value is -2.13. The van der Waals surface area contributed by atoms with Gasteiger partial charge in [0.1, 0.15) is 0 Å². The number of halogens is 3. The number of ether oxygens (including phenoxy) is 1. The van der Waals surface area contributed by atoms with Crippen LogP contribution in [0.2, 0.25) is 0 Å². The van der Waals surface area contributed by atoms with E-state index >= 15 is 0 Å². The number of aliphatic carboxylic acids is 1. The van der Waals surface area contributed by atoms with Crippen LogP contribution in [0.4, 0.5) is 13.2 Å². The molecule has 4 rings (SSSR count). The summed E-state index contributed by atoms with van der Waals surface area (Å²) in [5.41, 5.74) is 2.03. The van der Waals surface area contributed by atoms with Gasteiger partial charge in [-0.15, -0.1) is 0 Å². The second kappa shape index (κ2) is 9.99. The number of carbonyl (C=O) groups excluding carboxylic acids is 1. The van der Waals surface area contributed by atoms with Crippen LogP contribution in [0.5, 0.6) is 0 Å². The average molecular weight is 442 g/mol. The van der Waals surface area contributed by atoms with Gasteiger partial charge in [-0.05, 0) is 56.7 Å². The van der Waals surface area contributed by atoms with Gasteiger partial charge in [0, 0.05) is 38.3 Å². The molecular weight excluding hydrogens is 413 g/mol. The lowest BCUT2D eigenvalue weighted by atomic mass is 9.88. The zero-order chi connectivity index (χ0) is 22.6. The molecule has 0 saturated carbocycles. The molecule has 31 heavy (non-hydrogen) atoms. The molecule has 0 aromatic heterocycles. The highest BCUT2D eigenvalue weighted by atomic mass is 19.4. The second-order valence-electron chi connectivity index (χ2n) is 8.58. The molecule has 1 N–H and O–H groups in total. The maximum absolute atomic E-state index is 12.8. The molecule has 1 amide bonds. The highest BCUT2D eigenvalue weighted by Gasteiger charge is 2.40. The van der Waals surface area contributed by atoms with Crippen LogP contribution < -0.4 is 0 Å². The van der Waals surface area contributed by atoms with Crippen LogP contribution in [-0.2, 0) is 9.53 Å². The maximum Gasteiger partial charge on any atom is 0.490 e. The first-order chi connectivity index (χ1) is 14.6. The first kappa shape index (κ1) is 23.5. The van der Waals surface area contributed by atoms with E-state index in [1.165, 1.54) is 24.8 Å². The Bertz CT molecular complexity index is 763. The molecule has 0 bridgehead atoms. The number of hydrogen-bond donors (Lipinski definition) is 1. The van der Waals surface area contributed by atoms with Gasteiger partial charge >= 0.3 is 12.1 Å². The third kappa shape index (κ3) is 6.43. The molecule has 3 atom stereocenters. The number of carboxylic acids is 1. The molecule has 1 aromatic rings. The van der Waals surface area contributed by atoms with Crippen molar-refractivity contribution in [3.05, 3.63) is 35.4 Å². The standard InChI is InChI=1S/C20H28N2O2.C2HF3O2/c1-15-4-6-16(7-5-15)20(23)22-12-17-8-9-21(11-18(17)13-22)14-19-3-2-10-24-19;3-2(4,5)1(6)7/h4-7,17-19H,2-3,8-14H2,1H3;(H,6,7)/t17-,18+,19?;/m0./s1. The van der Waals surface area contributed by atoms with Gasteiger partial charge in [-0.2, -0.15) is 13.2 Å². The SMILES string of the molecule is Cc1ccc(C(=O)N2C[C@H]3CN(CC4CCCO4)CC[C@H]3C2)cc1.O=C(O)C(F)(F)F. The lowest BCUT2D eigenvalue weighted by Gasteiger charge is -2.35. The summed E-state index contributed by atoms with van der Waals surface area (Å²) in [6, 6.07) is 7.98. The Morgan fingerprint density at radius 2 is 1.74 bits per heavy atom. The fourth-order valence-corrected chi connectivity index (χ4v) is 4.53. The molecule has 1 unspecified atom stereocenters. The summed E-state index contributed by atoms with van der Waals surface area (Å²) >= 11 is 0. The molecule has 6 nitrogen and oxygen atoms in total. The predicted octanol–water partition coefficient (Wildman–Crippen LogP) is 3.20. The zero-order valence-corrected chi connectivity index (χ0v) is 17.6. The van der Waals surface area contributed by atoms with Crippen LogP contribution in [-0.4, -0.2) is 78.4 Å². The first-order valence-corrected chi connectivity index (χ1v) is 10.6. The Balaban J connectivity index is 0.000000339. The number of aryl methyl sites for hydroxylation is 1. The molecule has 3 saturated heterocycles. The number of fused-ring (bicyclic) bond motifs is 1. The third-order valence-corrected chi connectivity index (χ3v) is 6.20. The highest BCUT2D eigenvalue weighted by molar-refractivity contribution is 5.94. The van der Waals surface area contributed by atoms with Crippen molar-refractivity contribution in [2.75, 3.05) is 39.3 Å². The van der Waals surface area contributed by atoms with Crippen molar-refractivity contribution in [2.24, 2.45) is 11.8 Å². The fraction of sp³-hybridized carbons (Fsp3) is 0.636. The molecule has 9 heteroatoms. The van der Waals surface area contributed by atoms with Crippen molar-refractivity contribution in [1.29, 1.82) is 0 Å². The van der Waals surface area contributed by atoms with Crippen molar-refractivity contribution in [3.8, 4) is 0 Å². The second-order valence-corrected chi connectivity index (χ2v) is 8.58. The lowest BCUT2D eigenvalue weighted by molar-refractivity contribution is -0.192. The molecule has 0 aliphatic carbocycles. The van der Waals surface area contributed by atoms with Gasteiger partial charge in [0.05, 0.1) is 6.10 Å². The minimum absolute atomic E-state index is 0.204. The van der Waals surface area contributed by atoms with E-state index in [1.807, 2.05) is 24.3 Å². The first-order valence-electron chi connectivity index (χ1n) is 10.6. The smallest absolute Gasteiger partial charge is 0.475 e. The van der Waals surface area contributed by atoms with E-state index in [1.54, 1.807) is 0 Å². The Morgan fingerprint density at radius 3 is 2.32 bits per heavy atom. The summed E-state index contributed by atoms with van der Waals surface area (Å²) in [5, 5.41) is 7.12. The van der Waals surface area contributed by atoms with E-state index in [0.717, 1.165) is 44.9 Å². The van der Waals surface area contributed by atoms with Crippen molar-refractivity contribution in [2.45, 2.75) is 38.5 Å². The van der Waals surface area contributed by atoms with E-state index in [9.17, 15) is 18.0 Å². The maximum atomic E-state index is 12.8. The number of alkyl halides is 3. The number of nitrogens with zero attached hydrogens (tertiary/aromatic N) is 2. The summed E-state index contributed by atoms with van der Waals surface area (Å²) in [5.74, 6) is -1.24. The summed E-state index contributed by atoms with van der Waals surface area (Å²) in [7, 11) is 0. The quantitative estimate of drug-likeness (QED) is 0.779. The molecule has 0 radical (unpaired) electrons. The van der Waals surface area contributed by atoms with Crippen LogP contribution >= 0.6 is 0 Å². The number of amides is 1. The van der Waals surface area contributed by atoms with Gasteiger partial charge in [-0.3, -0.25) is 4.79 Å². The molecule has 1 aromatic carbocycles. The highest BCUT2D eigenvalue weighted by Crippen LogP contribution is 2.32. The average Bonchev–Trinajstić information content (AvgIpc) is 3.37.